The molecule has 0 aliphatic rings. The van der Waals surface area contributed by atoms with Crippen LogP contribution in [0.25, 0.3) is 11.1 Å². The van der Waals surface area contributed by atoms with Crippen LogP contribution in [-0.2, 0) is 4.79 Å². The zero-order valence-corrected chi connectivity index (χ0v) is 12.8. The van der Waals surface area contributed by atoms with Gasteiger partial charge in [0, 0.05) is 5.02 Å². The van der Waals surface area contributed by atoms with E-state index in [9.17, 15) is 14.0 Å². The molecule has 118 valence electrons. The summed E-state index contributed by atoms with van der Waals surface area (Å²) in [5.74, 6) is -1.84. The number of carbonyl (C=O) groups excluding carboxylic acids is 1. The Labute approximate surface area is 135 Å². The summed E-state index contributed by atoms with van der Waals surface area (Å²) >= 11 is 5.67. The number of anilines is 1. The maximum absolute atomic E-state index is 13.8. The number of halogens is 2. The van der Waals surface area contributed by atoms with Crippen LogP contribution in [0.15, 0.2) is 51.7 Å². The molecular formula is C16H12ClFN2O3. The van der Waals surface area contributed by atoms with Crippen molar-refractivity contribution in [2.45, 2.75) is 13.0 Å². The fourth-order valence-electron chi connectivity index (χ4n) is 2.30. The van der Waals surface area contributed by atoms with Gasteiger partial charge in [0.05, 0.1) is 11.2 Å². The van der Waals surface area contributed by atoms with Crippen molar-refractivity contribution in [1.29, 1.82) is 0 Å². The highest BCUT2D eigenvalue weighted by Crippen LogP contribution is 2.21. The molecule has 0 aliphatic heterocycles. The molecular weight excluding hydrogens is 323 g/mol. The number of amides is 1. The van der Waals surface area contributed by atoms with Crippen LogP contribution in [0.4, 0.5) is 10.1 Å². The van der Waals surface area contributed by atoms with Gasteiger partial charge < -0.3 is 9.73 Å². The van der Waals surface area contributed by atoms with E-state index in [2.05, 4.69) is 5.32 Å². The average molecular weight is 335 g/mol. The minimum absolute atomic E-state index is 0.00732. The largest absolute Gasteiger partial charge is 0.420 e. The molecule has 0 aliphatic carbocycles. The lowest BCUT2D eigenvalue weighted by atomic mass is 10.2. The van der Waals surface area contributed by atoms with Crippen LogP contribution in [0.3, 0.4) is 0 Å². The average Bonchev–Trinajstić information content (AvgIpc) is 2.85. The normalized spacial score (nSPS) is 12.3. The number of carbonyl (C=O) groups is 1. The molecule has 7 heteroatoms. The van der Waals surface area contributed by atoms with E-state index >= 15 is 0 Å². The van der Waals surface area contributed by atoms with Crippen molar-refractivity contribution < 1.29 is 13.6 Å². The lowest BCUT2D eigenvalue weighted by Crippen LogP contribution is -2.29. The van der Waals surface area contributed by atoms with Crippen molar-refractivity contribution in [3.8, 4) is 0 Å². The first-order valence-electron chi connectivity index (χ1n) is 6.83. The van der Waals surface area contributed by atoms with Crippen LogP contribution < -0.4 is 11.1 Å². The maximum atomic E-state index is 13.8. The van der Waals surface area contributed by atoms with E-state index in [-0.39, 0.29) is 10.7 Å². The van der Waals surface area contributed by atoms with Crippen molar-refractivity contribution >= 4 is 34.3 Å². The predicted molar refractivity (Wildman–Crippen MR) is 85.2 cm³/mol. The standard InChI is InChI=1S/C16H12ClFN2O3/c1-9(15(21)19-12-7-6-10(17)8-11(12)18)20-13-4-2-3-5-14(13)23-16(20)22/h2-9H,1H3,(H,19,21). The number of hydrogen-bond acceptors (Lipinski definition) is 3. The van der Waals surface area contributed by atoms with Gasteiger partial charge >= 0.3 is 5.76 Å². The van der Waals surface area contributed by atoms with Crippen LogP contribution in [0.2, 0.25) is 5.02 Å². The molecule has 1 unspecified atom stereocenters. The van der Waals surface area contributed by atoms with E-state index < -0.39 is 23.5 Å². The predicted octanol–water partition coefficient (Wildman–Crippen LogP) is 3.59. The Morgan fingerprint density at radius 2 is 2.04 bits per heavy atom. The first-order chi connectivity index (χ1) is 11.0. The molecule has 5 nitrogen and oxygen atoms in total. The van der Waals surface area contributed by atoms with E-state index in [1.165, 1.54) is 23.6 Å². The lowest BCUT2D eigenvalue weighted by molar-refractivity contribution is -0.118. The number of aromatic nitrogens is 1. The molecule has 1 N–H and O–H groups in total. The summed E-state index contributed by atoms with van der Waals surface area (Å²) in [6.07, 6.45) is 0. The number of hydrogen-bond donors (Lipinski definition) is 1. The summed E-state index contributed by atoms with van der Waals surface area (Å²) in [6.45, 7) is 1.53. The van der Waals surface area contributed by atoms with E-state index in [0.717, 1.165) is 6.07 Å². The fourth-order valence-corrected chi connectivity index (χ4v) is 2.45. The third kappa shape index (κ3) is 2.85. The minimum Gasteiger partial charge on any atom is -0.408 e. The third-order valence-corrected chi connectivity index (χ3v) is 3.71. The second kappa shape index (κ2) is 5.89. The van der Waals surface area contributed by atoms with Gasteiger partial charge in [0.15, 0.2) is 5.58 Å². The van der Waals surface area contributed by atoms with Gasteiger partial charge in [-0.1, -0.05) is 23.7 Å². The Bertz CT molecular complexity index is 948. The first-order valence-corrected chi connectivity index (χ1v) is 7.21. The van der Waals surface area contributed by atoms with E-state index in [1.807, 2.05) is 0 Å². The van der Waals surface area contributed by atoms with Gasteiger partial charge in [-0.2, -0.15) is 0 Å². The van der Waals surface area contributed by atoms with Crippen molar-refractivity contribution in [1.82, 2.24) is 4.57 Å². The number of para-hydroxylation sites is 2. The van der Waals surface area contributed by atoms with Crippen molar-refractivity contribution in [2.24, 2.45) is 0 Å². The Hall–Kier alpha value is -2.60. The monoisotopic (exact) mass is 334 g/mol. The molecule has 1 amide bonds. The SMILES string of the molecule is CC(C(=O)Nc1ccc(Cl)cc1F)n1c(=O)oc2ccccc21. The summed E-state index contributed by atoms with van der Waals surface area (Å²) in [4.78, 5) is 24.3. The van der Waals surface area contributed by atoms with Crippen molar-refractivity contribution in [2.75, 3.05) is 5.32 Å². The summed E-state index contributed by atoms with van der Waals surface area (Å²) < 4.78 is 20.1. The van der Waals surface area contributed by atoms with Gasteiger partial charge in [-0.25, -0.2) is 9.18 Å². The van der Waals surface area contributed by atoms with Gasteiger partial charge in [0.25, 0.3) is 0 Å². The number of nitrogens with one attached hydrogen (secondary N) is 1. The van der Waals surface area contributed by atoms with Gasteiger partial charge in [-0.3, -0.25) is 9.36 Å². The first kappa shape index (κ1) is 15.3. The third-order valence-electron chi connectivity index (χ3n) is 3.47. The molecule has 2 aromatic carbocycles. The van der Waals surface area contributed by atoms with Gasteiger partial charge in [-0.15, -0.1) is 0 Å². The molecule has 0 saturated heterocycles. The second-order valence-electron chi connectivity index (χ2n) is 5.00. The molecule has 3 aromatic rings. The number of rotatable bonds is 3. The summed E-state index contributed by atoms with van der Waals surface area (Å²) in [5, 5.41) is 2.67. The molecule has 0 fully saturated rings. The Morgan fingerprint density at radius 1 is 1.30 bits per heavy atom. The molecule has 1 atom stereocenters. The number of nitrogens with zero attached hydrogens (tertiary/aromatic N) is 1. The van der Waals surface area contributed by atoms with Gasteiger partial charge in [-0.05, 0) is 37.3 Å². The number of benzene rings is 2. The zero-order valence-electron chi connectivity index (χ0n) is 12.0. The quantitative estimate of drug-likeness (QED) is 0.796. The van der Waals surface area contributed by atoms with Crippen LogP contribution in [0, 0.1) is 5.82 Å². The van der Waals surface area contributed by atoms with E-state index in [1.54, 1.807) is 24.3 Å². The molecule has 1 aromatic heterocycles. The molecule has 0 radical (unpaired) electrons. The molecule has 1 heterocycles. The maximum Gasteiger partial charge on any atom is 0.420 e. The fraction of sp³-hybridized carbons (Fsp3) is 0.125. The highest BCUT2D eigenvalue weighted by Gasteiger charge is 2.22. The Balaban J connectivity index is 1.92. The Kier molecular flexibility index (Phi) is 3.92. The van der Waals surface area contributed by atoms with Crippen molar-refractivity contribution in [3.63, 3.8) is 0 Å². The molecule has 0 saturated carbocycles. The number of oxazole rings is 1. The molecule has 23 heavy (non-hydrogen) atoms. The highest BCUT2D eigenvalue weighted by molar-refractivity contribution is 6.30. The highest BCUT2D eigenvalue weighted by atomic mass is 35.5. The minimum atomic E-state index is -0.874. The van der Waals surface area contributed by atoms with Gasteiger partial charge in [0.2, 0.25) is 5.91 Å². The van der Waals surface area contributed by atoms with Gasteiger partial charge in [0.1, 0.15) is 11.9 Å². The zero-order chi connectivity index (χ0) is 16.6. The van der Waals surface area contributed by atoms with Crippen LogP contribution in [-0.4, -0.2) is 10.5 Å². The smallest absolute Gasteiger partial charge is 0.408 e. The van der Waals surface area contributed by atoms with E-state index in [4.69, 9.17) is 16.0 Å². The number of fused-ring (bicyclic) bond motifs is 1. The topological polar surface area (TPSA) is 64.2 Å². The second-order valence-corrected chi connectivity index (χ2v) is 5.43. The molecule has 3 rings (SSSR count). The molecule has 0 bridgehead atoms. The summed E-state index contributed by atoms with van der Waals surface area (Å²) in [7, 11) is 0. The Morgan fingerprint density at radius 3 is 2.78 bits per heavy atom. The summed E-state index contributed by atoms with van der Waals surface area (Å²) in [6, 6.07) is 9.82. The van der Waals surface area contributed by atoms with Crippen LogP contribution >= 0.6 is 11.6 Å². The summed E-state index contributed by atoms with van der Waals surface area (Å²) in [5.41, 5.74) is 0.874. The lowest BCUT2D eigenvalue weighted by Gasteiger charge is -2.13. The molecule has 0 spiro atoms. The van der Waals surface area contributed by atoms with Crippen molar-refractivity contribution in [3.05, 3.63) is 63.9 Å². The van der Waals surface area contributed by atoms with Crippen LogP contribution in [0.5, 0.6) is 0 Å². The van der Waals surface area contributed by atoms with E-state index in [0.29, 0.717) is 11.1 Å². The van der Waals surface area contributed by atoms with Crippen LogP contribution in [0.1, 0.15) is 13.0 Å².